The lowest BCUT2D eigenvalue weighted by atomic mass is 10.2. The van der Waals surface area contributed by atoms with Crippen LogP contribution in [0, 0.1) is 0 Å². The Hall–Kier alpha value is -0.920. The van der Waals surface area contributed by atoms with Crippen LogP contribution in [-0.4, -0.2) is 60.1 Å². The third kappa shape index (κ3) is 2.82. The second kappa shape index (κ2) is 5.60. The molecule has 7 heteroatoms. The summed E-state index contributed by atoms with van der Waals surface area (Å²) in [4.78, 5) is 2.20. The summed E-state index contributed by atoms with van der Waals surface area (Å²) in [6.07, 6.45) is 3.21. The van der Waals surface area contributed by atoms with Crippen LogP contribution in [0.1, 0.15) is 19.8 Å². The Labute approximate surface area is 115 Å². The van der Waals surface area contributed by atoms with Gasteiger partial charge in [0.15, 0.2) is 5.03 Å². The third-order valence-electron chi connectivity index (χ3n) is 3.67. The van der Waals surface area contributed by atoms with Crippen LogP contribution >= 0.6 is 0 Å². The molecule has 1 aliphatic rings. The van der Waals surface area contributed by atoms with E-state index in [1.165, 1.54) is 10.9 Å². The smallest absolute Gasteiger partial charge is 0.260 e. The number of hydrogen-bond acceptors (Lipinski definition) is 4. The van der Waals surface area contributed by atoms with Crippen LogP contribution in [0.4, 0.5) is 0 Å². The molecule has 1 aromatic rings. The summed E-state index contributed by atoms with van der Waals surface area (Å²) in [7, 11) is 0.259. The van der Waals surface area contributed by atoms with E-state index in [1.807, 2.05) is 14.0 Å². The molecule has 0 radical (unpaired) electrons. The number of sulfonamides is 1. The zero-order valence-corrected chi connectivity index (χ0v) is 12.6. The zero-order valence-electron chi connectivity index (χ0n) is 11.8. The molecule has 0 spiro atoms. The van der Waals surface area contributed by atoms with Crippen LogP contribution in [0.15, 0.2) is 17.3 Å². The Balaban J connectivity index is 2.35. The van der Waals surface area contributed by atoms with Gasteiger partial charge in [-0.1, -0.05) is 6.92 Å². The van der Waals surface area contributed by atoms with Gasteiger partial charge in [-0.3, -0.25) is 4.68 Å². The lowest BCUT2D eigenvalue weighted by molar-refractivity contribution is 0.269. The van der Waals surface area contributed by atoms with Gasteiger partial charge < -0.3 is 4.90 Å². The second-order valence-corrected chi connectivity index (χ2v) is 6.92. The van der Waals surface area contributed by atoms with E-state index in [-0.39, 0.29) is 11.1 Å². The average molecular weight is 286 g/mol. The number of aromatic nitrogens is 2. The largest absolute Gasteiger partial charge is 0.305 e. The topological polar surface area (TPSA) is 58.4 Å². The quantitative estimate of drug-likeness (QED) is 0.813. The highest BCUT2D eigenvalue weighted by molar-refractivity contribution is 7.89. The van der Waals surface area contributed by atoms with Gasteiger partial charge in [0, 0.05) is 26.2 Å². The summed E-state index contributed by atoms with van der Waals surface area (Å²) in [5, 5.41) is 4.24. The van der Waals surface area contributed by atoms with Gasteiger partial charge in [-0.15, -0.1) is 0 Å². The first-order chi connectivity index (χ1) is 8.96. The van der Waals surface area contributed by atoms with Gasteiger partial charge in [0.1, 0.15) is 0 Å². The van der Waals surface area contributed by atoms with Crippen molar-refractivity contribution in [3.8, 4) is 0 Å². The molecule has 19 heavy (non-hydrogen) atoms. The highest BCUT2D eigenvalue weighted by atomic mass is 32.2. The fourth-order valence-electron chi connectivity index (χ4n) is 2.61. The third-order valence-corrected chi connectivity index (χ3v) is 5.70. The van der Waals surface area contributed by atoms with Crippen LogP contribution in [0.25, 0.3) is 0 Å². The first-order valence-corrected chi connectivity index (χ1v) is 8.09. The number of rotatable bonds is 3. The van der Waals surface area contributed by atoms with Gasteiger partial charge in [-0.05, 0) is 32.5 Å². The van der Waals surface area contributed by atoms with Crippen molar-refractivity contribution in [3.63, 3.8) is 0 Å². The molecule has 0 unspecified atom stereocenters. The normalized spacial score (nSPS) is 23.4. The van der Waals surface area contributed by atoms with Gasteiger partial charge >= 0.3 is 0 Å². The summed E-state index contributed by atoms with van der Waals surface area (Å²) in [5.74, 6) is 0. The van der Waals surface area contributed by atoms with Crippen molar-refractivity contribution >= 4 is 10.0 Å². The summed E-state index contributed by atoms with van der Waals surface area (Å²) < 4.78 is 28.6. The van der Waals surface area contributed by atoms with Crippen LogP contribution in [0.2, 0.25) is 0 Å². The molecule has 2 rings (SSSR count). The van der Waals surface area contributed by atoms with Gasteiger partial charge in [0.05, 0.1) is 6.20 Å². The molecule has 0 saturated carbocycles. The SMILES string of the molecule is CC[C@H]1CN(C)CCCN1S(=O)(=O)c1ccnn1C. The summed E-state index contributed by atoms with van der Waals surface area (Å²) in [6, 6.07) is 1.60. The average Bonchev–Trinajstić information content (AvgIpc) is 2.69. The van der Waals surface area contributed by atoms with E-state index in [9.17, 15) is 8.42 Å². The van der Waals surface area contributed by atoms with Crippen molar-refractivity contribution in [2.24, 2.45) is 7.05 Å². The number of hydrogen-bond donors (Lipinski definition) is 0. The van der Waals surface area contributed by atoms with E-state index < -0.39 is 10.0 Å². The van der Waals surface area contributed by atoms with Gasteiger partial charge in [0.2, 0.25) is 0 Å². The Morgan fingerprint density at radius 1 is 1.37 bits per heavy atom. The molecule has 1 aliphatic heterocycles. The molecule has 1 aromatic heterocycles. The Bertz CT molecular complexity index is 526. The van der Waals surface area contributed by atoms with E-state index >= 15 is 0 Å². The molecule has 1 fully saturated rings. The first-order valence-electron chi connectivity index (χ1n) is 6.65. The molecule has 1 atom stereocenters. The fourth-order valence-corrected chi connectivity index (χ4v) is 4.44. The predicted molar refractivity (Wildman–Crippen MR) is 73.3 cm³/mol. The molecule has 0 amide bonds. The fraction of sp³-hybridized carbons (Fsp3) is 0.750. The zero-order chi connectivity index (χ0) is 14.0. The molecular formula is C12H22N4O2S. The Kier molecular flexibility index (Phi) is 4.27. The molecule has 0 aromatic carbocycles. The summed E-state index contributed by atoms with van der Waals surface area (Å²) >= 11 is 0. The second-order valence-electron chi connectivity index (χ2n) is 5.09. The summed E-state index contributed by atoms with van der Waals surface area (Å²) in [5.41, 5.74) is 0. The maximum Gasteiger partial charge on any atom is 0.260 e. The highest BCUT2D eigenvalue weighted by Crippen LogP contribution is 2.21. The molecule has 0 bridgehead atoms. The molecule has 0 N–H and O–H groups in total. The molecule has 0 aliphatic carbocycles. The van der Waals surface area contributed by atoms with E-state index in [0.29, 0.717) is 6.54 Å². The van der Waals surface area contributed by atoms with E-state index in [2.05, 4.69) is 10.00 Å². The van der Waals surface area contributed by atoms with Crippen LogP contribution in [-0.2, 0) is 17.1 Å². The Morgan fingerprint density at radius 3 is 2.68 bits per heavy atom. The van der Waals surface area contributed by atoms with Crippen molar-refractivity contribution in [1.29, 1.82) is 0 Å². The lowest BCUT2D eigenvalue weighted by Crippen LogP contribution is -2.43. The van der Waals surface area contributed by atoms with Gasteiger partial charge in [-0.2, -0.15) is 9.40 Å². The molecule has 108 valence electrons. The first kappa shape index (κ1) is 14.5. The number of aryl methyl sites for hydroxylation is 1. The minimum atomic E-state index is -3.45. The van der Waals surface area contributed by atoms with E-state index in [1.54, 1.807) is 17.4 Å². The minimum absolute atomic E-state index is 0.0346. The maximum atomic E-state index is 12.7. The van der Waals surface area contributed by atoms with Crippen molar-refractivity contribution in [1.82, 2.24) is 19.0 Å². The van der Waals surface area contributed by atoms with E-state index in [0.717, 1.165) is 25.9 Å². The lowest BCUT2D eigenvalue weighted by Gasteiger charge is -2.29. The van der Waals surface area contributed by atoms with E-state index in [4.69, 9.17) is 0 Å². The molecule has 2 heterocycles. The van der Waals surface area contributed by atoms with Crippen LogP contribution < -0.4 is 0 Å². The van der Waals surface area contributed by atoms with Gasteiger partial charge in [-0.25, -0.2) is 8.42 Å². The van der Waals surface area contributed by atoms with Crippen molar-refractivity contribution in [2.75, 3.05) is 26.7 Å². The number of nitrogens with zero attached hydrogens (tertiary/aromatic N) is 4. The monoisotopic (exact) mass is 286 g/mol. The van der Waals surface area contributed by atoms with Crippen molar-refractivity contribution in [2.45, 2.75) is 30.8 Å². The predicted octanol–water partition coefficient (Wildman–Crippen LogP) is 0.525. The summed E-state index contributed by atoms with van der Waals surface area (Å²) in [6.45, 7) is 4.34. The standard InChI is InChI=1S/C12H22N4O2S/c1-4-11-10-14(2)8-5-9-16(11)19(17,18)12-6-7-13-15(12)3/h6-7,11H,4-5,8-10H2,1-3H3/t11-/m0/s1. The van der Waals surface area contributed by atoms with Crippen molar-refractivity contribution < 1.29 is 8.42 Å². The maximum absolute atomic E-state index is 12.7. The highest BCUT2D eigenvalue weighted by Gasteiger charge is 2.34. The molecule has 1 saturated heterocycles. The Morgan fingerprint density at radius 2 is 2.11 bits per heavy atom. The molecular weight excluding hydrogens is 264 g/mol. The molecule has 6 nitrogen and oxygen atoms in total. The van der Waals surface area contributed by atoms with Gasteiger partial charge in [0.25, 0.3) is 10.0 Å². The van der Waals surface area contributed by atoms with Crippen LogP contribution in [0.3, 0.4) is 0 Å². The minimum Gasteiger partial charge on any atom is -0.305 e. The number of likely N-dealkylation sites (N-methyl/N-ethyl adjacent to an activating group) is 1. The van der Waals surface area contributed by atoms with Crippen LogP contribution in [0.5, 0.6) is 0 Å². The van der Waals surface area contributed by atoms with Crippen molar-refractivity contribution in [3.05, 3.63) is 12.3 Å².